The molecular formula is C24H31N3O3. The van der Waals surface area contributed by atoms with Crippen LogP contribution in [0.3, 0.4) is 0 Å². The first-order valence-electron chi connectivity index (χ1n) is 10.8. The molecule has 0 bridgehead atoms. The third kappa shape index (κ3) is 5.19. The molecule has 160 valence electrons. The number of anilines is 1. The fraction of sp³-hybridized carbons (Fsp3) is 0.417. The zero-order valence-corrected chi connectivity index (χ0v) is 17.8. The predicted octanol–water partition coefficient (Wildman–Crippen LogP) is 4.21. The van der Waals surface area contributed by atoms with E-state index < -0.39 is 0 Å². The zero-order valence-electron chi connectivity index (χ0n) is 17.8. The number of ether oxygens (including phenoxy) is 1. The molecule has 2 N–H and O–H groups in total. The smallest absolute Gasteiger partial charge is 0.256 e. The van der Waals surface area contributed by atoms with Crippen LogP contribution in [-0.4, -0.2) is 43.0 Å². The van der Waals surface area contributed by atoms with Gasteiger partial charge in [-0.1, -0.05) is 31.5 Å². The van der Waals surface area contributed by atoms with E-state index in [9.17, 15) is 9.59 Å². The average molecular weight is 410 g/mol. The monoisotopic (exact) mass is 409 g/mol. The summed E-state index contributed by atoms with van der Waals surface area (Å²) in [7, 11) is 0. The van der Waals surface area contributed by atoms with Crippen molar-refractivity contribution >= 4 is 17.5 Å². The molecule has 6 heteroatoms. The zero-order chi connectivity index (χ0) is 21.3. The van der Waals surface area contributed by atoms with Crippen LogP contribution >= 0.6 is 0 Å². The Hall–Kier alpha value is -2.86. The van der Waals surface area contributed by atoms with Crippen LogP contribution in [0.2, 0.25) is 0 Å². The Kier molecular flexibility index (Phi) is 7.85. The maximum atomic E-state index is 12.9. The van der Waals surface area contributed by atoms with E-state index >= 15 is 0 Å². The number of unbranched alkanes of at least 4 members (excludes halogenated alkanes) is 1. The summed E-state index contributed by atoms with van der Waals surface area (Å²) in [4.78, 5) is 27.0. The van der Waals surface area contributed by atoms with Gasteiger partial charge in [0.05, 0.1) is 0 Å². The Morgan fingerprint density at radius 3 is 2.57 bits per heavy atom. The maximum Gasteiger partial charge on any atom is 0.256 e. The molecule has 3 rings (SSSR count). The molecule has 0 aromatic heterocycles. The second-order valence-electron chi connectivity index (χ2n) is 7.37. The summed E-state index contributed by atoms with van der Waals surface area (Å²) in [5.74, 6) is -0.0274. The highest BCUT2D eigenvalue weighted by Crippen LogP contribution is 2.34. The van der Waals surface area contributed by atoms with E-state index in [2.05, 4.69) is 17.6 Å². The summed E-state index contributed by atoms with van der Waals surface area (Å²) < 4.78 is 5.43. The van der Waals surface area contributed by atoms with Crippen LogP contribution in [0.25, 0.3) is 0 Å². The lowest BCUT2D eigenvalue weighted by molar-refractivity contribution is 0.0708. The number of nitrogens with one attached hydrogen (secondary N) is 2. The summed E-state index contributed by atoms with van der Waals surface area (Å²) in [6.45, 7) is 6.67. The van der Waals surface area contributed by atoms with E-state index in [1.807, 2.05) is 60.4 Å². The number of carbonyl (C=O) groups is 2. The van der Waals surface area contributed by atoms with Gasteiger partial charge in [0.15, 0.2) is 0 Å². The number of benzene rings is 2. The van der Waals surface area contributed by atoms with Crippen molar-refractivity contribution in [3.63, 3.8) is 0 Å². The maximum absolute atomic E-state index is 12.9. The van der Waals surface area contributed by atoms with Crippen LogP contribution in [-0.2, 0) is 4.74 Å². The van der Waals surface area contributed by atoms with Crippen LogP contribution in [0.5, 0.6) is 0 Å². The Labute approximate surface area is 178 Å². The van der Waals surface area contributed by atoms with Crippen LogP contribution in [0.1, 0.15) is 65.6 Å². The van der Waals surface area contributed by atoms with Gasteiger partial charge in [-0.25, -0.2) is 0 Å². The van der Waals surface area contributed by atoms with Crippen molar-refractivity contribution in [2.24, 2.45) is 0 Å². The van der Waals surface area contributed by atoms with Gasteiger partial charge in [0, 0.05) is 48.7 Å². The Morgan fingerprint density at radius 1 is 1.07 bits per heavy atom. The number of nitrogens with zero attached hydrogens (tertiary/aromatic N) is 1. The molecule has 1 atom stereocenters. The minimum Gasteiger partial charge on any atom is -0.382 e. The molecule has 2 aromatic carbocycles. The average Bonchev–Trinajstić information content (AvgIpc) is 3.03. The Bertz CT molecular complexity index is 851. The van der Waals surface area contributed by atoms with Crippen LogP contribution in [0, 0.1) is 0 Å². The number of carbonyl (C=O) groups excluding carboxylic acids is 2. The number of amides is 2. The van der Waals surface area contributed by atoms with Crippen molar-refractivity contribution < 1.29 is 14.3 Å². The molecule has 0 fully saturated rings. The molecule has 1 heterocycles. The van der Waals surface area contributed by atoms with E-state index in [0.717, 1.165) is 36.1 Å². The minimum atomic E-state index is -0.237. The SMILES string of the molecule is CCCCNC(=O)c1ccc(NC2c3ccccc3C(=O)N2CCCOCC)cc1. The molecule has 1 aliphatic heterocycles. The topological polar surface area (TPSA) is 70.7 Å². The summed E-state index contributed by atoms with van der Waals surface area (Å²) in [5.41, 5.74) is 3.20. The fourth-order valence-electron chi connectivity index (χ4n) is 3.59. The third-order valence-electron chi connectivity index (χ3n) is 5.22. The molecule has 2 amide bonds. The summed E-state index contributed by atoms with van der Waals surface area (Å²) in [5, 5.41) is 6.40. The van der Waals surface area contributed by atoms with Crippen molar-refractivity contribution in [3.05, 3.63) is 65.2 Å². The van der Waals surface area contributed by atoms with Crippen molar-refractivity contribution in [2.75, 3.05) is 31.6 Å². The molecule has 0 saturated carbocycles. The quantitative estimate of drug-likeness (QED) is 0.546. The minimum absolute atomic E-state index is 0.0338. The van der Waals surface area contributed by atoms with E-state index in [1.165, 1.54) is 0 Å². The molecule has 2 aromatic rings. The fourth-order valence-corrected chi connectivity index (χ4v) is 3.59. The Morgan fingerprint density at radius 2 is 1.83 bits per heavy atom. The first kappa shape index (κ1) is 21.8. The second-order valence-corrected chi connectivity index (χ2v) is 7.37. The number of fused-ring (bicyclic) bond motifs is 1. The van der Waals surface area contributed by atoms with E-state index in [4.69, 9.17) is 4.74 Å². The van der Waals surface area contributed by atoms with Gasteiger partial charge in [-0.2, -0.15) is 0 Å². The largest absolute Gasteiger partial charge is 0.382 e. The first-order chi connectivity index (χ1) is 14.7. The van der Waals surface area contributed by atoms with Crippen molar-refractivity contribution in [3.8, 4) is 0 Å². The van der Waals surface area contributed by atoms with Gasteiger partial charge in [-0.05, 0) is 50.1 Å². The molecule has 1 unspecified atom stereocenters. The summed E-state index contributed by atoms with van der Waals surface area (Å²) >= 11 is 0. The van der Waals surface area contributed by atoms with E-state index in [1.54, 1.807) is 0 Å². The third-order valence-corrected chi connectivity index (χ3v) is 5.22. The molecule has 0 radical (unpaired) electrons. The van der Waals surface area contributed by atoms with Crippen LogP contribution in [0.4, 0.5) is 5.69 Å². The summed E-state index contributed by atoms with van der Waals surface area (Å²) in [6, 6.07) is 15.1. The second kappa shape index (κ2) is 10.8. The van der Waals surface area contributed by atoms with Crippen LogP contribution < -0.4 is 10.6 Å². The molecule has 6 nitrogen and oxygen atoms in total. The number of rotatable bonds is 11. The highest BCUT2D eigenvalue weighted by molar-refractivity contribution is 5.99. The van der Waals surface area contributed by atoms with Gasteiger partial charge in [-0.15, -0.1) is 0 Å². The van der Waals surface area contributed by atoms with Crippen molar-refractivity contribution in [1.29, 1.82) is 0 Å². The first-order valence-corrected chi connectivity index (χ1v) is 10.8. The van der Waals surface area contributed by atoms with Crippen LogP contribution in [0.15, 0.2) is 48.5 Å². The lowest BCUT2D eigenvalue weighted by Crippen LogP contribution is -2.33. The highest BCUT2D eigenvalue weighted by atomic mass is 16.5. The lowest BCUT2D eigenvalue weighted by Gasteiger charge is -2.27. The van der Waals surface area contributed by atoms with Crippen molar-refractivity contribution in [2.45, 2.75) is 39.3 Å². The van der Waals surface area contributed by atoms with Crippen molar-refractivity contribution in [1.82, 2.24) is 10.2 Å². The summed E-state index contributed by atoms with van der Waals surface area (Å²) in [6.07, 6.45) is 2.56. The molecule has 0 saturated heterocycles. The van der Waals surface area contributed by atoms with E-state index in [-0.39, 0.29) is 18.0 Å². The normalized spacial score (nSPS) is 15.2. The molecule has 0 aliphatic carbocycles. The molecule has 1 aliphatic rings. The van der Waals surface area contributed by atoms with Gasteiger partial charge in [0.2, 0.25) is 0 Å². The molecular weight excluding hydrogens is 378 g/mol. The predicted molar refractivity (Wildman–Crippen MR) is 119 cm³/mol. The van der Waals surface area contributed by atoms with Gasteiger partial charge >= 0.3 is 0 Å². The van der Waals surface area contributed by atoms with Gasteiger partial charge in [0.1, 0.15) is 6.17 Å². The Balaban J connectivity index is 1.70. The van der Waals surface area contributed by atoms with Gasteiger partial charge in [0.25, 0.3) is 11.8 Å². The number of hydrogen-bond donors (Lipinski definition) is 2. The molecule has 0 spiro atoms. The molecule has 30 heavy (non-hydrogen) atoms. The van der Waals surface area contributed by atoms with E-state index in [0.29, 0.717) is 31.9 Å². The van der Waals surface area contributed by atoms with Gasteiger partial charge in [-0.3, -0.25) is 9.59 Å². The number of hydrogen-bond acceptors (Lipinski definition) is 4. The van der Waals surface area contributed by atoms with Gasteiger partial charge < -0.3 is 20.3 Å². The highest BCUT2D eigenvalue weighted by Gasteiger charge is 2.35. The lowest BCUT2D eigenvalue weighted by atomic mass is 10.1. The standard InChI is InChI=1S/C24H31N3O3/c1-3-5-15-25-23(28)18-11-13-19(14-12-18)26-22-20-9-6-7-10-21(20)24(29)27(22)16-8-17-30-4-2/h6-7,9-14,22,26H,3-5,8,15-17H2,1-2H3,(H,25,28).